The molecule has 1 heterocycles. The second kappa shape index (κ2) is 6.62. The maximum atomic E-state index is 5.93. The van der Waals surface area contributed by atoms with Crippen LogP contribution in [0, 0.1) is 0 Å². The highest BCUT2D eigenvalue weighted by Crippen LogP contribution is 2.25. The fourth-order valence-electron chi connectivity index (χ4n) is 2.01. The monoisotopic (exact) mass is 278 g/mol. The van der Waals surface area contributed by atoms with Crippen molar-refractivity contribution in [2.45, 2.75) is 25.1 Å². The highest BCUT2D eigenvalue weighted by Gasteiger charge is 2.04. The number of nitrogens with zero attached hydrogens (tertiary/aromatic N) is 1. The highest BCUT2D eigenvalue weighted by molar-refractivity contribution is 6.20. The Balaban J connectivity index is 2.13. The van der Waals surface area contributed by atoms with Gasteiger partial charge in [0.25, 0.3) is 0 Å². The molecular formula is C15H19ClN2O. The zero-order valence-corrected chi connectivity index (χ0v) is 12.1. The Hall–Kier alpha value is -1.48. The molecule has 3 nitrogen and oxygen atoms in total. The molecule has 102 valence electrons. The number of halogens is 1. The van der Waals surface area contributed by atoms with Crippen LogP contribution < -0.4 is 10.1 Å². The van der Waals surface area contributed by atoms with E-state index in [1.165, 1.54) is 0 Å². The molecule has 1 unspecified atom stereocenters. The molecule has 0 fully saturated rings. The van der Waals surface area contributed by atoms with Gasteiger partial charge in [-0.2, -0.15) is 0 Å². The third-order valence-electron chi connectivity index (χ3n) is 3.04. The third kappa shape index (κ3) is 3.74. The van der Waals surface area contributed by atoms with E-state index >= 15 is 0 Å². The van der Waals surface area contributed by atoms with Crippen molar-refractivity contribution in [1.82, 2.24) is 4.98 Å². The molecule has 0 bridgehead atoms. The number of pyridine rings is 1. The first-order chi connectivity index (χ1) is 9.20. The second-order valence-electron chi connectivity index (χ2n) is 4.60. The van der Waals surface area contributed by atoms with Crippen molar-refractivity contribution >= 4 is 28.2 Å². The number of anilines is 1. The predicted octanol–water partition coefficient (Wildman–Crippen LogP) is 4.06. The van der Waals surface area contributed by atoms with E-state index in [9.17, 15) is 0 Å². The van der Waals surface area contributed by atoms with Crippen LogP contribution in [0.15, 0.2) is 30.5 Å². The highest BCUT2D eigenvalue weighted by atomic mass is 35.5. The van der Waals surface area contributed by atoms with E-state index < -0.39 is 0 Å². The molecule has 0 amide bonds. The Bertz CT molecular complexity index is 543. The zero-order chi connectivity index (χ0) is 13.7. The Kier molecular flexibility index (Phi) is 4.86. The number of rotatable bonds is 6. The lowest BCUT2D eigenvalue weighted by atomic mass is 10.1. The van der Waals surface area contributed by atoms with Crippen molar-refractivity contribution in [2.75, 3.05) is 19.0 Å². The summed E-state index contributed by atoms with van der Waals surface area (Å²) in [5.41, 5.74) is 0. The van der Waals surface area contributed by atoms with Crippen molar-refractivity contribution in [3.63, 3.8) is 0 Å². The summed E-state index contributed by atoms with van der Waals surface area (Å²) >= 11 is 5.93. The lowest BCUT2D eigenvalue weighted by Crippen LogP contribution is -2.05. The summed E-state index contributed by atoms with van der Waals surface area (Å²) in [4.78, 5) is 4.40. The molecule has 0 aliphatic heterocycles. The first-order valence-electron chi connectivity index (χ1n) is 6.51. The Morgan fingerprint density at radius 1 is 1.37 bits per heavy atom. The molecule has 4 heteroatoms. The van der Waals surface area contributed by atoms with Gasteiger partial charge in [0.1, 0.15) is 11.6 Å². The minimum atomic E-state index is 0.224. The lowest BCUT2D eigenvalue weighted by Gasteiger charge is -2.10. The standard InChI is InChI=1S/C15H19ClN2O/c1-11(16)4-3-8-17-15-14-10-13(19-2)6-5-12(14)7-9-18-15/h5-7,9-11H,3-4,8H2,1-2H3,(H,17,18). The summed E-state index contributed by atoms with van der Waals surface area (Å²) in [6.07, 6.45) is 3.86. The molecule has 2 aromatic rings. The summed E-state index contributed by atoms with van der Waals surface area (Å²) < 4.78 is 5.26. The van der Waals surface area contributed by atoms with E-state index in [-0.39, 0.29) is 5.38 Å². The maximum absolute atomic E-state index is 5.93. The van der Waals surface area contributed by atoms with Crippen LogP contribution in [-0.4, -0.2) is 24.0 Å². The predicted molar refractivity (Wildman–Crippen MR) is 81.3 cm³/mol. The number of alkyl halides is 1. The van der Waals surface area contributed by atoms with Crippen LogP contribution in [0.2, 0.25) is 0 Å². The summed E-state index contributed by atoms with van der Waals surface area (Å²) in [5.74, 6) is 1.75. The van der Waals surface area contributed by atoms with Gasteiger partial charge in [-0.15, -0.1) is 11.6 Å². The van der Waals surface area contributed by atoms with Crippen LogP contribution in [0.1, 0.15) is 19.8 Å². The van der Waals surface area contributed by atoms with Gasteiger partial charge in [-0.3, -0.25) is 0 Å². The van der Waals surface area contributed by atoms with Crippen molar-refractivity contribution in [3.8, 4) is 5.75 Å². The van der Waals surface area contributed by atoms with Crippen LogP contribution in [0.5, 0.6) is 5.75 Å². The average Bonchev–Trinajstić information content (AvgIpc) is 2.43. The number of aromatic nitrogens is 1. The first-order valence-corrected chi connectivity index (χ1v) is 6.95. The first kappa shape index (κ1) is 13.9. The van der Waals surface area contributed by atoms with Gasteiger partial charge in [0.05, 0.1) is 7.11 Å². The molecule has 0 aliphatic carbocycles. The van der Waals surface area contributed by atoms with E-state index in [0.717, 1.165) is 41.7 Å². The van der Waals surface area contributed by atoms with Gasteiger partial charge in [0.15, 0.2) is 0 Å². The van der Waals surface area contributed by atoms with Crippen LogP contribution in [0.4, 0.5) is 5.82 Å². The average molecular weight is 279 g/mol. The molecule has 1 aromatic carbocycles. The minimum Gasteiger partial charge on any atom is -0.497 e. The number of hydrogen-bond donors (Lipinski definition) is 1. The normalized spacial score (nSPS) is 12.4. The fourth-order valence-corrected chi connectivity index (χ4v) is 2.16. The quantitative estimate of drug-likeness (QED) is 0.639. The number of fused-ring (bicyclic) bond motifs is 1. The third-order valence-corrected chi connectivity index (χ3v) is 3.26. The number of methoxy groups -OCH3 is 1. The van der Waals surface area contributed by atoms with E-state index in [4.69, 9.17) is 16.3 Å². The van der Waals surface area contributed by atoms with E-state index in [2.05, 4.69) is 10.3 Å². The van der Waals surface area contributed by atoms with Gasteiger partial charge in [-0.25, -0.2) is 4.98 Å². The van der Waals surface area contributed by atoms with Crippen molar-refractivity contribution in [1.29, 1.82) is 0 Å². The molecule has 0 aliphatic rings. The van der Waals surface area contributed by atoms with Gasteiger partial charge in [0, 0.05) is 23.5 Å². The number of ether oxygens (including phenoxy) is 1. The molecule has 0 saturated carbocycles. The smallest absolute Gasteiger partial charge is 0.133 e. The van der Waals surface area contributed by atoms with Gasteiger partial charge in [-0.1, -0.05) is 6.07 Å². The fraction of sp³-hybridized carbons (Fsp3) is 0.400. The molecule has 1 atom stereocenters. The summed E-state index contributed by atoms with van der Waals surface area (Å²) in [5, 5.41) is 5.83. The Morgan fingerprint density at radius 2 is 2.21 bits per heavy atom. The van der Waals surface area contributed by atoms with Crippen molar-refractivity contribution in [3.05, 3.63) is 30.5 Å². The van der Waals surface area contributed by atoms with E-state index in [1.807, 2.05) is 37.4 Å². The molecule has 1 aromatic heterocycles. The summed E-state index contributed by atoms with van der Waals surface area (Å²) in [7, 11) is 1.67. The van der Waals surface area contributed by atoms with Crippen molar-refractivity contribution < 1.29 is 4.74 Å². The van der Waals surface area contributed by atoms with Crippen molar-refractivity contribution in [2.24, 2.45) is 0 Å². The molecule has 1 N–H and O–H groups in total. The maximum Gasteiger partial charge on any atom is 0.133 e. The molecule has 0 radical (unpaired) electrons. The lowest BCUT2D eigenvalue weighted by molar-refractivity contribution is 0.415. The van der Waals surface area contributed by atoms with Crippen LogP contribution in [0.25, 0.3) is 10.8 Å². The summed E-state index contributed by atoms with van der Waals surface area (Å²) in [6.45, 7) is 2.89. The number of nitrogens with one attached hydrogen (secondary N) is 1. The number of benzene rings is 1. The molecule has 0 spiro atoms. The van der Waals surface area contributed by atoms with Gasteiger partial charge >= 0.3 is 0 Å². The van der Waals surface area contributed by atoms with Crippen LogP contribution in [-0.2, 0) is 0 Å². The van der Waals surface area contributed by atoms with E-state index in [0.29, 0.717) is 0 Å². The number of hydrogen-bond acceptors (Lipinski definition) is 3. The largest absolute Gasteiger partial charge is 0.497 e. The SMILES string of the molecule is COc1ccc2ccnc(NCCCC(C)Cl)c2c1. The minimum absolute atomic E-state index is 0.224. The topological polar surface area (TPSA) is 34.1 Å². The van der Waals surface area contributed by atoms with E-state index in [1.54, 1.807) is 7.11 Å². The molecule has 2 rings (SSSR count). The zero-order valence-electron chi connectivity index (χ0n) is 11.3. The Morgan fingerprint density at radius 3 is 2.95 bits per heavy atom. The van der Waals surface area contributed by atoms with Gasteiger partial charge in [-0.05, 0) is 43.4 Å². The summed E-state index contributed by atoms with van der Waals surface area (Å²) in [6, 6.07) is 8.01. The van der Waals surface area contributed by atoms with Gasteiger partial charge < -0.3 is 10.1 Å². The van der Waals surface area contributed by atoms with Crippen LogP contribution in [0.3, 0.4) is 0 Å². The van der Waals surface area contributed by atoms with Crippen LogP contribution >= 0.6 is 11.6 Å². The molecule has 0 saturated heterocycles. The van der Waals surface area contributed by atoms with Gasteiger partial charge in [0.2, 0.25) is 0 Å². The molecular weight excluding hydrogens is 260 g/mol. The Labute approximate surface area is 118 Å². The second-order valence-corrected chi connectivity index (χ2v) is 5.34. The molecule has 19 heavy (non-hydrogen) atoms.